The number of amides is 1. The van der Waals surface area contributed by atoms with Gasteiger partial charge in [0.2, 0.25) is 0 Å². The third-order valence-corrected chi connectivity index (χ3v) is 4.25. The zero-order valence-corrected chi connectivity index (χ0v) is 12.9. The molecule has 3 aromatic rings. The van der Waals surface area contributed by atoms with Gasteiger partial charge in [-0.05, 0) is 23.9 Å². The van der Waals surface area contributed by atoms with Gasteiger partial charge in [0.15, 0.2) is 0 Å². The number of aromatic nitrogens is 2. The van der Waals surface area contributed by atoms with Crippen molar-refractivity contribution < 1.29 is 4.79 Å². The van der Waals surface area contributed by atoms with Crippen LogP contribution >= 0.6 is 11.3 Å². The quantitative estimate of drug-likeness (QED) is 0.804. The van der Waals surface area contributed by atoms with E-state index in [1.165, 1.54) is 18.0 Å². The lowest BCUT2D eigenvalue weighted by Gasteiger charge is -2.18. The topological polar surface area (TPSA) is 54.9 Å². The summed E-state index contributed by atoms with van der Waals surface area (Å²) < 4.78 is 0. The SMILES string of the molecule is Cc1ccc(C(NC(=O)c2cnccn2)c2cccs2)cc1. The van der Waals surface area contributed by atoms with Crippen LogP contribution in [-0.4, -0.2) is 15.9 Å². The average molecular weight is 309 g/mol. The van der Waals surface area contributed by atoms with Crippen LogP contribution in [0.25, 0.3) is 0 Å². The Morgan fingerprint density at radius 2 is 2.00 bits per heavy atom. The highest BCUT2D eigenvalue weighted by Gasteiger charge is 2.19. The van der Waals surface area contributed by atoms with Crippen molar-refractivity contribution in [2.45, 2.75) is 13.0 Å². The van der Waals surface area contributed by atoms with Gasteiger partial charge in [0.1, 0.15) is 5.69 Å². The van der Waals surface area contributed by atoms with Gasteiger partial charge in [-0.3, -0.25) is 9.78 Å². The Morgan fingerprint density at radius 1 is 1.18 bits per heavy atom. The molecule has 0 saturated carbocycles. The fourth-order valence-corrected chi connectivity index (χ4v) is 2.96. The fraction of sp³-hybridized carbons (Fsp3) is 0.118. The minimum absolute atomic E-state index is 0.185. The van der Waals surface area contributed by atoms with Crippen LogP contribution in [0, 0.1) is 6.92 Å². The molecule has 1 amide bonds. The molecule has 4 nitrogen and oxygen atoms in total. The molecule has 0 bridgehead atoms. The van der Waals surface area contributed by atoms with E-state index in [4.69, 9.17) is 0 Å². The Bertz CT molecular complexity index is 739. The third kappa shape index (κ3) is 3.20. The van der Waals surface area contributed by atoms with Crippen LogP contribution in [0.2, 0.25) is 0 Å². The van der Waals surface area contributed by atoms with E-state index in [2.05, 4.69) is 15.3 Å². The van der Waals surface area contributed by atoms with Gasteiger partial charge >= 0.3 is 0 Å². The first-order valence-electron chi connectivity index (χ1n) is 6.91. The fourth-order valence-electron chi connectivity index (χ4n) is 2.15. The maximum atomic E-state index is 12.4. The zero-order chi connectivity index (χ0) is 15.4. The van der Waals surface area contributed by atoms with Gasteiger partial charge in [0, 0.05) is 17.3 Å². The first kappa shape index (κ1) is 14.4. The van der Waals surface area contributed by atoms with Gasteiger partial charge in [-0.1, -0.05) is 35.9 Å². The molecule has 0 aliphatic carbocycles. The summed E-state index contributed by atoms with van der Waals surface area (Å²) in [5, 5.41) is 5.05. The molecule has 5 heteroatoms. The smallest absolute Gasteiger partial charge is 0.272 e. The summed E-state index contributed by atoms with van der Waals surface area (Å²) in [6.07, 6.45) is 4.53. The van der Waals surface area contributed by atoms with Crippen molar-refractivity contribution in [2.24, 2.45) is 0 Å². The van der Waals surface area contributed by atoms with E-state index in [9.17, 15) is 4.79 Å². The highest BCUT2D eigenvalue weighted by Crippen LogP contribution is 2.26. The maximum Gasteiger partial charge on any atom is 0.272 e. The average Bonchev–Trinajstić information content (AvgIpc) is 3.08. The second-order valence-electron chi connectivity index (χ2n) is 4.92. The van der Waals surface area contributed by atoms with Gasteiger partial charge < -0.3 is 5.32 Å². The Hall–Kier alpha value is -2.53. The lowest BCUT2D eigenvalue weighted by atomic mass is 10.0. The number of aryl methyl sites for hydroxylation is 1. The summed E-state index contributed by atoms with van der Waals surface area (Å²) in [7, 11) is 0. The van der Waals surface area contributed by atoms with E-state index >= 15 is 0 Å². The number of thiophene rings is 1. The molecule has 0 spiro atoms. The van der Waals surface area contributed by atoms with E-state index in [1.54, 1.807) is 17.5 Å². The van der Waals surface area contributed by atoms with Crippen molar-refractivity contribution in [1.29, 1.82) is 0 Å². The minimum atomic E-state index is -0.230. The first-order valence-corrected chi connectivity index (χ1v) is 7.79. The molecular formula is C17H15N3OS. The van der Waals surface area contributed by atoms with E-state index in [0.29, 0.717) is 5.69 Å². The Balaban J connectivity index is 1.90. The lowest BCUT2D eigenvalue weighted by molar-refractivity contribution is 0.0938. The summed E-state index contributed by atoms with van der Waals surface area (Å²) >= 11 is 1.62. The van der Waals surface area contributed by atoms with Crippen LogP contribution in [0.15, 0.2) is 60.4 Å². The van der Waals surface area contributed by atoms with Crippen molar-refractivity contribution >= 4 is 17.2 Å². The predicted molar refractivity (Wildman–Crippen MR) is 86.8 cm³/mol. The Kier molecular flexibility index (Phi) is 4.25. The molecule has 2 heterocycles. The zero-order valence-electron chi connectivity index (χ0n) is 12.1. The van der Waals surface area contributed by atoms with Gasteiger partial charge in [-0.25, -0.2) is 4.98 Å². The van der Waals surface area contributed by atoms with E-state index in [1.807, 2.05) is 48.7 Å². The Morgan fingerprint density at radius 3 is 2.64 bits per heavy atom. The molecule has 0 radical (unpaired) electrons. The van der Waals surface area contributed by atoms with Crippen LogP contribution < -0.4 is 5.32 Å². The number of benzene rings is 1. The number of carbonyl (C=O) groups is 1. The van der Waals surface area contributed by atoms with E-state index in [0.717, 1.165) is 10.4 Å². The predicted octanol–water partition coefficient (Wildman–Crippen LogP) is 3.37. The van der Waals surface area contributed by atoms with Crippen LogP contribution in [-0.2, 0) is 0 Å². The van der Waals surface area contributed by atoms with E-state index < -0.39 is 0 Å². The van der Waals surface area contributed by atoms with Gasteiger partial charge in [-0.15, -0.1) is 11.3 Å². The molecule has 0 aliphatic rings. The number of hydrogen-bond donors (Lipinski definition) is 1. The van der Waals surface area contributed by atoms with Crippen molar-refractivity contribution in [1.82, 2.24) is 15.3 Å². The molecule has 0 fully saturated rings. The number of carbonyl (C=O) groups excluding carboxylic acids is 1. The van der Waals surface area contributed by atoms with E-state index in [-0.39, 0.29) is 11.9 Å². The molecule has 1 atom stereocenters. The Labute approximate surface area is 132 Å². The molecule has 0 saturated heterocycles. The van der Waals surface area contributed by atoms with Crippen LogP contribution in [0.5, 0.6) is 0 Å². The van der Waals surface area contributed by atoms with Gasteiger partial charge in [0.05, 0.1) is 12.2 Å². The first-order chi connectivity index (χ1) is 10.7. The molecule has 1 N–H and O–H groups in total. The molecule has 22 heavy (non-hydrogen) atoms. The second kappa shape index (κ2) is 6.49. The molecule has 2 aromatic heterocycles. The maximum absolute atomic E-state index is 12.4. The summed E-state index contributed by atoms with van der Waals surface area (Å²) in [6.45, 7) is 2.04. The number of nitrogens with zero attached hydrogens (tertiary/aromatic N) is 2. The van der Waals surface area contributed by atoms with Crippen molar-refractivity contribution in [3.05, 3.63) is 82.1 Å². The van der Waals surface area contributed by atoms with Crippen molar-refractivity contribution in [2.75, 3.05) is 0 Å². The van der Waals surface area contributed by atoms with Crippen LogP contribution in [0.1, 0.15) is 32.5 Å². The normalized spacial score (nSPS) is 11.9. The number of rotatable bonds is 4. The highest BCUT2D eigenvalue weighted by atomic mass is 32.1. The molecule has 0 aliphatic heterocycles. The molecule has 3 rings (SSSR count). The molecule has 110 valence electrons. The summed E-state index contributed by atoms with van der Waals surface area (Å²) in [5.41, 5.74) is 2.55. The number of nitrogens with one attached hydrogen (secondary N) is 1. The molecule has 1 aromatic carbocycles. The van der Waals surface area contributed by atoms with Crippen molar-refractivity contribution in [3.8, 4) is 0 Å². The molecule has 1 unspecified atom stereocenters. The van der Waals surface area contributed by atoms with Gasteiger partial charge in [0.25, 0.3) is 5.91 Å². The van der Waals surface area contributed by atoms with Gasteiger partial charge in [-0.2, -0.15) is 0 Å². The molecular weight excluding hydrogens is 294 g/mol. The van der Waals surface area contributed by atoms with Crippen LogP contribution in [0.3, 0.4) is 0 Å². The summed E-state index contributed by atoms with van der Waals surface area (Å²) in [5.74, 6) is -0.230. The number of hydrogen-bond acceptors (Lipinski definition) is 4. The standard InChI is InChI=1S/C17H15N3OS/c1-12-4-6-13(7-5-12)16(15-3-2-10-22-15)20-17(21)14-11-18-8-9-19-14/h2-11,16H,1H3,(H,20,21). The second-order valence-corrected chi connectivity index (χ2v) is 5.90. The van der Waals surface area contributed by atoms with Crippen LogP contribution in [0.4, 0.5) is 0 Å². The summed E-state index contributed by atoms with van der Waals surface area (Å²) in [4.78, 5) is 21.5. The largest absolute Gasteiger partial charge is 0.339 e. The summed E-state index contributed by atoms with van der Waals surface area (Å²) in [6, 6.07) is 12.0. The highest BCUT2D eigenvalue weighted by molar-refractivity contribution is 7.10. The lowest BCUT2D eigenvalue weighted by Crippen LogP contribution is -2.29. The minimum Gasteiger partial charge on any atom is -0.339 e. The monoisotopic (exact) mass is 309 g/mol. The third-order valence-electron chi connectivity index (χ3n) is 3.31. The van der Waals surface area contributed by atoms with Crippen molar-refractivity contribution in [3.63, 3.8) is 0 Å².